The molecular weight excluding hydrogens is 142 g/mol. The zero-order chi connectivity index (χ0) is 6.85. The standard InChI is InChI=1S/C5H4ClNO2/c6-4-2-1-3(8)5(9)7-4/h1-2,8H,(H,7,9). The number of halogens is 1. The van der Waals surface area contributed by atoms with Crippen LogP contribution in [0.25, 0.3) is 0 Å². The molecule has 0 aromatic carbocycles. The number of aromatic hydroxyl groups is 2. The van der Waals surface area contributed by atoms with Crippen molar-refractivity contribution in [3.63, 3.8) is 0 Å². The van der Waals surface area contributed by atoms with Crippen molar-refractivity contribution in [2.45, 2.75) is 0 Å². The number of hydrogen-bond donors (Lipinski definition) is 2. The lowest BCUT2D eigenvalue weighted by Gasteiger charge is -1.93. The van der Waals surface area contributed by atoms with Crippen molar-refractivity contribution in [2.24, 2.45) is 0 Å². The van der Waals surface area contributed by atoms with E-state index in [1.165, 1.54) is 12.1 Å². The fraction of sp³-hybridized carbons (Fsp3) is 0. The molecule has 0 aliphatic heterocycles. The van der Waals surface area contributed by atoms with Crippen LogP contribution in [-0.4, -0.2) is 15.2 Å². The van der Waals surface area contributed by atoms with E-state index in [-0.39, 0.29) is 10.9 Å². The van der Waals surface area contributed by atoms with Crippen LogP contribution in [0, 0.1) is 0 Å². The van der Waals surface area contributed by atoms with E-state index in [9.17, 15) is 0 Å². The normalized spacial score (nSPS) is 9.44. The van der Waals surface area contributed by atoms with Gasteiger partial charge in [-0.25, -0.2) is 0 Å². The Hall–Kier alpha value is -0.960. The largest absolute Gasteiger partial charge is 0.503 e. The van der Waals surface area contributed by atoms with Gasteiger partial charge in [0.25, 0.3) is 5.88 Å². The minimum atomic E-state index is -0.442. The molecule has 0 spiro atoms. The summed E-state index contributed by atoms with van der Waals surface area (Å²) in [5.74, 6) is -0.707. The van der Waals surface area contributed by atoms with Crippen molar-refractivity contribution < 1.29 is 10.2 Å². The SMILES string of the molecule is Oc1ccc(Cl)nc1O. The summed E-state index contributed by atoms with van der Waals surface area (Å²) in [5.41, 5.74) is 0. The maximum atomic E-state index is 8.67. The lowest BCUT2D eigenvalue weighted by molar-refractivity contribution is 0.389. The van der Waals surface area contributed by atoms with Gasteiger partial charge in [0.15, 0.2) is 5.75 Å². The summed E-state index contributed by atoms with van der Waals surface area (Å²) < 4.78 is 0. The van der Waals surface area contributed by atoms with Gasteiger partial charge in [-0.2, -0.15) is 4.98 Å². The van der Waals surface area contributed by atoms with Gasteiger partial charge in [0, 0.05) is 0 Å². The van der Waals surface area contributed by atoms with Crippen LogP contribution < -0.4 is 0 Å². The first kappa shape index (κ1) is 6.16. The van der Waals surface area contributed by atoms with Gasteiger partial charge in [0.05, 0.1) is 0 Å². The Balaban J connectivity index is 3.17. The molecule has 0 saturated carbocycles. The number of nitrogens with zero attached hydrogens (tertiary/aromatic N) is 1. The Morgan fingerprint density at radius 3 is 2.44 bits per heavy atom. The number of rotatable bonds is 0. The summed E-state index contributed by atoms with van der Waals surface area (Å²) in [4.78, 5) is 3.34. The number of pyridine rings is 1. The van der Waals surface area contributed by atoms with Gasteiger partial charge >= 0.3 is 0 Å². The van der Waals surface area contributed by atoms with E-state index < -0.39 is 5.88 Å². The molecule has 2 N–H and O–H groups in total. The maximum Gasteiger partial charge on any atom is 0.255 e. The molecule has 1 aromatic heterocycles. The van der Waals surface area contributed by atoms with Gasteiger partial charge in [-0.05, 0) is 12.1 Å². The molecule has 0 fully saturated rings. The second-order valence-electron chi connectivity index (χ2n) is 1.48. The zero-order valence-electron chi connectivity index (χ0n) is 4.37. The molecule has 0 aliphatic carbocycles. The third-order valence-electron chi connectivity index (χ3n) is 0.821. The first-order valence-corrected chi connectivity index (χ1v) is 2.62. The minimum absolute atomic E-state index is 0.158. The van der Waals surface area contributed by atoms with Crippen molar-refractivity contribution in [1.29, 1.82) is 0 Å². The van der Waals surface area contributed by atoms with Crippen molar-refractivity contribution in [3.8, 4) is 11.6 Å². The van der Waals surface area contributed by atoms with Gasteiger partial charge in [-0.3, -0.25) is 0 Å². The summed E-state index contributed by atoms with van der Waals surface area (Å²) in [5, 5.41) is 17.5. The Bertz CT molecular complexity index is 226. The fourth-order valence-corrected chi connectivity index (χ4v) is 0.561. The van der Waals surface area contributed by atoms with Crippen LogP contribution in [0.3, 0.4) is 0 Å². The third kappa shape index (κ3) is 1.23. The summed E-state index contributed by atoms with van der Waals surface area (Å²) in [7, 11) is 0. The smallest absolute Gasteiger partial charge is 0.255 e. The predicted octanol–water partition coefficient (Wildman–Crippen LogP) is 1.15. The van der Waals surface area contributed by atoms with Gasteiger partial charge in [-0.1, -0.05) is 11.6 Å². The molecule has 1 heterocycles. The van der Waals surface area contributed by atoms with Crippen LogP contribution in [0.1, 0.15) is 0 Å². The second kappa shape index (κ2) is 2.11. The molecule has 0 amide bonds. The molecule has 3 nitrogen and oxygen atoms in total. The lowest BCUT2D eigenvalue weighted by atomic mass is 10.4. The highest BCUT2D eigenvalue weighted by molar-refractivity contribution is 6.29. The van der Waals surface area contributed by atoms with E-state index in [0.29, 0.717) is 0 Å². The van der Waals surface area contributed by atoms with Crippen molar-refractivity contribution >= 4 is 11.6 Å². The highest BCUT2D eigenvalue weighted by Crippen LogP contribution is 2.22. The second-order valence-corrected chi connectivity index (χ2v) is 1.86. The van der Waals surface area contributed by atoms with E-state index >= 15 is 0 Å². The molecule has 1 rings (SSSR count). The Morgan fingerprint density at radius 1 is 1.33 bits per heavy atom. The number of aromatic nitrogens is 1. The zero-order valence-corrected chi connectivity index (χ0v) is 5.13. The predicted molar refractivity (Wildman–Crippen MR) is 32.6 cm³/mol. The monoisotopic (exact) mass is 145 g/mol. The minimum Gasteiger partial charge on any atom is -0.503 e. The first-order valence-electron chi connectivity index (χ1n) is 2.24. The fourth-order valence-electron chi connectivity index (χ4n) is 0.418. The Kier molecular flexibility index (Phi) is 1.44. The average Bonchev–Trinajstić information content (AvgIpc) is 1.80. The number of hydrogen-bond acceptors (Lipinski definition) is 3. The molecule has 0 bridgehead atoms. The quantitative estimate of drug-likeness (QED) is 0.539. The molecule has 9 heavy (non-hydrogen) atoms. The van der Waals surface area contributed by atoms with Gasteiger partial charge in [0.1, 0.15) is 5.15 Å². The van der Waals surface area contributed by atoms with E-state index in [2.05, 4.69) is 4.98 Å². The topological polar surface area (TPSA) is 53.4 Å². The summed E-state index contributed by atoms with van der Waals surface area (Å²) in [6, 6.07) is 2.65. The highest BCUT2D eigenvalue weighted by Gasteiger charge is 1.98. The van der Waals surface area contributed by atoms with Crippen LogP contribution in [0.2, 0.25) is 5.15 Å². The van der Waals surface area contributed by atoms with Crippen molar-refractivity contribution in [3.05, 3.63) is 17.3 Å². The third-order valence-corrected chi connectivity index (χ3v) is 1.03. The molecule has 48 valence electrons. The van der Waals surface area contributed by atoms with E-state index in [0.717, 1.165) is 0 Å². The van der Waals surface area contributed by atoms with E-state index in [4.69, 9.17) is 21.8 Å². The van der Waals surface area contributed by atoms with Crippen molar-refractivity contribution in [2.75, 3.05) is 0 Å². The molecule has 0 radical (unpaired) electrons. The van der Waals surface area contributed by atoms with Crippen LogP contribution in [0.4, 0.5) is 0 Å². The van der Waals surface area contributed by atoms with Crippen LogP contribution >= 0.6 is 11.6 Å². The summed E-state index contributed by atoms with van der Waals surface area (Å²) in [6.07, 6.45) is 0. The van der Waals surface area contributed by atoms with Gasteiger partial charge in [0.2, 0.25) is 0 Å². The van der Waals surface area contributed by atoms with Crippen LogP contribution in [-0.2, 0) is 0 Å². The van der Waals surface area contributed by atoms with Gasteiger partial charge < -0.3 is 10.2 Å². The van der Waals surface area contributed by atoms with E-state index in [1.54, 1.807) is 0 Å². The average molecular weight is 146 g/mol. The highest BCUT2D eigenvalue weighted by atomic mass is 35.5. The molecule has 0 saturated heterocycles. The maximum absolute atomic E-state index is 8.67. The van der Waals surface area contributed by atoms with Crippen LogP contribution in [0.5, 0.6) is 11.6 Å². The molecule has 0 atom stereocenters. The molecule has 0 aliphatic rings. The summed E-state index contributed by atoms with van der Waals surface area (Å²) in [6.45, 7) is 0. The molecule has 4 heteroatoms. The lowest BCUT2D eigenvalue weighted by Crippen LogP contribution is -1.74. The Morgan fingerprint density at radius 2 is 2.00 bits per heavy atom. The van der Waals surface area contributed by atoms with E-state index in [1.807, 2.05) is 0 Å². The molecule has 1 aromatic rings. The molecule has 0 unspecified atom stereocenters. The Labute approximate surface area is 56.5 Å². The molecular formula is C5H4ClNO2. The first-order chi connectivity index (χ1) is 4.20. The van der Waals surface area contributed by atoms with Crippen molar-refractivity contribution in [1.82, 2.24) is 4.98 Å². The van der Waals surface area contributed by atoms with Crippen LogP contribution in [0.15, 0.2) is 12.1 Å². The van der Waals surface area contributed by atoms with Gasteiger partial charge in [-0.15, -0.1) is 0 Å². The summed E-state index contributed by atoms with van der Waals surface area (Å²) >= 11 is 5.33.